The van der Waals surface area contributed by atoms with E-state index in [1.54, 1.807) is 20.8 Å². The molecule has 2 aliphatic rings. The molecule has 2 atom stereocenters. The van der Waals surface area contributed by atoms with Gasteiger partial charge in [0.05, 0.1) is 12.2 Å². The fourth-order valence-corrected chi connectivity index (χ4v) is 5.26. The van der Waals surface area contributed by atoms with Crippen LogP contribution in [-0.4, -0.2) is 60.9 Å². The van der Waals surface area contributed by atoms with Crippen molar-refractivity contribution in [1.29, 1.82) is 0 Å². The summed E-state index contributed by atoms with van der Waals surface area (Å²) in [4.78, 5) is 40.3. The molecule has 1 aliphatic carbocycles. The van der Waals surface area contributed by atoms with Crippen LogP contribution in [0.15, 0.2) is 18.2 Å². The Kier molecular flexibility index (Phi) is 10.3. The minimum absolute atomic E-state index is 0.0172. The highest BCUT2D eigenvalue weighted by molar-refractivity contribution is 5.98. The molecule has 0 aromatic heterocycles. The minimum atomic E-state index is -0.785. The summed E-state index contributed by atoms with van der Waals surface area (Å²) in [6.45, 7) is 8.86. The maximum Gasteiger partial charge on any atom is 0.410 e. The second-order valence-electron chi connectivity index (χ2n) is 10.8. The first-order valence-electron chi connectivity index (χ1n) is 13.5. The molecule has 2 amide bonds. The number of anilines is 1. The van der Waals surface area contributed by atoms with Gasteiger partial charge in [0, 0.05) is 31.9 Å². The monoisotopic (exact) mass is 520 g/mol. The van der Waals surface area contributed by atoms with E-state index in [4.69, 9.17) is 14.2 Å². The molecule has 0 bridgehead atoms. The fraction of sp³-hybridized carbons (Fsp3) is 0.679. The third-order valence-electron chi connectivity index (χ3n) is 6.92. The summed E-state index contributed by atoms with van der Waals surface area (Å²) in [5, 5.41) is 2.78. The number of carbonyl (C=O) groups excluding carboxylic acids is 3. The molecule has 3 rings (SSSR count). The Balaban J connectivity index is 1.70. The van der Waals surface area contributed by atoms with Crippen molar-refractivity contribution < 1.29 is 33.0 Å². The average Bonchev–Trinajstić information content (AvgIpc) is 3.29. The van der Waals surface area contributed by atoms with Gasteiger partial charge in [-0.25, -0.2) is 14.0 Å². The molecule has 0 unspecified atom stereocenters. The van der Waals surface area contributed by atoms with E-state index in [0.29, 0.717) is 32.1 Å². The van der Waals surface area contributed by atoms with E-state index in [9.17, 15) is 18.8 Å². The number of amides is 2. The van der Waals surface area contributed by atoms with Crippen LogP contribution in [0.25, 0.3) is 0 Å². The number of benzene rings is 1. The number of nitrogens with zero attached hydrogens (tertiary/aromatic N) is 1. The van der Waals surface area contributed by atoms with Gasteiger partial charge in [-0.3, -0.25) is 9.69 Å². The highest BCUT2D eigenvalue weighted by Gasteiger charge is 2.46. The quantitative estimate of drug-likeness (QED) is 0.339. The van der Waals surface area contributed by atoms with Crippen LogP contribution in [0.5, 0.6) is 0 Å². The first-order valence-corrected chi connectivity index (χ1v) is 13.5. The van der Waals surface area contributed by atoms with Gasteiger partial charge in [0.25, 0.3) is 0 Å². The molecule has 1 saturated carbocycles. The lowest BCUT2D eigenvalue weighted by atomic mass is 9.76. The molecule has 1 aromatic rings. The summed E-state index contributed by atoms with van der Waals surface area (Å²) in [5.41, 5.74) is -0.669. The van der Waals surface area contributed by atoms with Crippen molar-refractivity contribution in [3.8, 4) is 0 Å². The van der Waals surface area contributed by atoms with E-state index in [2.05, 4.69) is 5.32 Å². The normalized spacial score (nSPS) is 20.5. The van der Waals surface area contributed by atoms with E-state index in [1.165, 1.54) is 23.5 Å². The fourth-order valence-electron chi connectivity index (χ4n) is 5.26. The van der Waals surface area contributed by atoms with E-state index in [1.807, 2.05) is 6.92 Å². The van der Waals surface area contributed by atoms with Crippen LogP contribution in [-0.2, 0) is 19.0 Å². The van der Waals surface area contributed by atoms with Crippen molar-refractivity contribution in [3.63, 3.8) is 0 Å². The van der Waals surface area contributed by atoms with Gasteiger partial charge in [-0.1, -0.05) is 32.1 Å². The van der Waals surface area contributed by atoms with E-state index in [0.717, 1.165) is 38.2 Å². The number of likely N-dealkylation sites (tertiary alicyclic amines) is 1. The second-order valence-corrected chi connectivity index (χ2v) is 10.8. The number of hydrogen-bond acceptors (Lipinski definition) is 6. The van der Waals surface area contributed by atoms with E-state index < -0.39 is 29.5 Å². The van der Waals surface area contributed by atoms with Crippen molar-refractivity contribution in [2.45, 2.75) is 84.3 Å². The van der Waals surface area contributed by atoms with Gasteiger partial charge in [-0.05, 0) is 64.2 Å². The predicted molar refractivity (Wildman–Crippen MR) is 138 cm³/mol. The molecule has 1 saturated heterocycles. The molecule has 206 valence electrons. The van der Waals surface area contributed by atoms with Gasteiger partial charge < -0.3 is 19.5 Å². The number of hydrogen-bond donors (Lipinski definition) is 1. The summed E-state index contributed by atoms with van der Waals surface area (Å²) in [5.74, 6) is -1.55. The maximum atomic E-state index is 14.8. The average molecular weight is 521 g/mol. The molecule has 1 heterocycles. The van der Waals surface area contributed by atoms with Crippen LogP contribution in [0.3, 0.4) is 0 Å². The molecule has 1 aromatic carbocycles. The van der Waals surface area contributed by atoms with Gasteiger partial charge >= 0.3 is 12.1 Å². The van der Waals surface area contributed by atoms with Crippen molar-refractivity contribution in [1.82, 2.24) is 4.90 Å². The number of nitrogens with one attached hydrogen (secondary N) is 1. The Hall–Kier alpha value is -2.68. The first-order chi connectivity index (χ1) is 17.6. The zero-order valence-electron chi connectivity index (χ0n) is 22.5. The van der Waals surface area contributed by atoms with E-state index in [-0.39, 0.29) is 29.7 Å². The Morgan fingerprint density at radius 3 is 2.46 bits per heavy atom. The molecule has 9 heteroatoms. The Bertz CT molecular complexity index is 941. The largest absolute Gasteiger partial charge is 0.462 e. The minimum Gasteiger partial charge on any atom is -0.462 e. The van der Waals surface area contributed by atoms with Crippen LogP contribution in [0.2, 0.25) is 0 Å². The second kappa shape index (κ2) is 13.2. The first kappa shape index (κ1) is 28.9. The summed E-state index contributed by atoms with van der Waals surface area (Å²) >= 11 is 0. The summed E-state index contributed by atoms with van der Waals surface area (Å²) in [6.07, 6.45) is 6.24. The van der Waals surface area contributed by atoms with Gasteiger partial charge in [0.1, 0.15) is 17.5 Å². The summed E-state index contributed by atoms with van der Waals surface area (Å²) in [7, 11) is 0. The third-order valence-corrected chi connectivity index (χ3v) is 6.92. The smallest absolute Gasteiger partial charge is 0.410 e. The molecule has 1 aliphatic heterocycles. The highest BCUT2D eigenvalue weighted by atomic mass is 19.1. The predicted octanol–water partition coefficient (Wildman–Crippen LogP) is 5.55. The van der Waals surface area contributed by atoms with Crippen molar-refractivity contribution >= 4 is 23.7 Å². The maximum absolute atomic E-state index is 14.8. The number of esters is 1. The molecule has 8 nitrogen and oxygen atoms in total. The lowest BCUT2D eigenvalue weighted by Crippen LogP contribution is -2.49. The van der Waals surface area contributed by atoms with Crippen molar-refractivity contribution in [2.75, 3.05) is 31.7 Å². The van der Waals surface area contributed by atoms with Crippen molar-refractivity contribution in [3.05, 3.63) is 29.6 Å². The van der Waals surface area contributed by atoms with Crippen LogP contribution in [0, 0.1) is 17.7 Å². The van der Waals surface area contributed by atoms with E-state index >= 15 is 0 Å². The van der Waals surface area contributed by atoms with Crippen LogP contribution >= 0.6 is 0 Å². The molecule has 1 N–H and O–H groups in total. The molecular formula is C28H41FN2O6. The Morgan fingerprint density at radius 1 is 1.08 bits per heavy atom. The number of rotatable bonds is 9. The Labute approximate surface area is 219 Å². The zero-order chi connectivity index (χ0) is 27.0. The molecular weight excluding hydrogens is 479 g/mol. The number of ether oxygens (including phenoxy) is 3. The molecule has 0 radical (unpaired) electrons. The van der Waals surface area contributed by atoms with Gasteiger partial charge in [-0.15, -0.1) is 0 Å². The topological polar surface area (TPSA) is 94.2 Å². The van der Waals surface area contributed by atoms with Crippen LogP contribution in [0.4, 0.5) is 14.9 Å². The third kappa shape index (κ3) is 8.15. The SMILES string of the molecule is CCOCCCOC(=O)c1ccc(NC(=O)[C@@H]2[C@H](C3CCCCC3)CCN2C(=O)OC(C)(C)C)cc1F. The summed E-state index contributed by atoms with van der Waals surface area (Å²) in [6, 6.07) is 3.18. The van der Waals surface area contributed by atoms with Gasteiger partial charge in [0.2, 0.25) is 5.91 Å². The number of carbonyl (C=O) groups is 3. The van der Waals surface area contributed by atoms with Crippen molar-refractivity contribution in [2.24, 2.45) is 11.8 Å². The lowest BCUT2D eigenvalue weighted by Gasteiger charge is -2.34. The Morgan fingerprint density at radius 2 is 1.81 bits per heavy atom. The summed E-state index contributed by atoms with van der Waals surface area (Å²) < 4.78 is 30.7. The van der Waals surface area contributed by atoms with Crippen LogP contribution in [0.1, 0.15) is 83.0 Å². The van der Waals surface area contributed by atoms with Crippen LogP contribution < -0.4 is 5.32 Å². The lowest BCUT2D eigenvalue weighted by molar-refractivity contribution is -0.122. The van der Waals surface area contributed by atoms with Gasteiger partial charge in [-0.2, -0.15) is 0 Å². The molecule has 2 fully saturated rings. The molecule has 37 heavy (non-hydrogen) atoms. The standard InChI is InChI=1S/C28H41FN2O6/c1-5-35-16-9-17-36-26(33)22-13-12-20(18-23(22)29)30-25(32)24-21(19-10-7-6-8-11-19)14-15-31(24)27(34)37-28(2,3)4/h12-13,18-19,21,24H,5-11,14-17H2,1-4H3,(H,30,32)/t21-,24-/m0/s1. The molecule has 0 spiro atoms. The van der Waals surface area contributed by atoms with Gasteiger partial charge in [0.15, 0.2) is 0 Å². The highest BCUT2D eigenvalue weighted by Crippen LogP contribution is 2.40. The number of halogens is 1. The zero-order valence-corrected chi connectivity index (χ0v) is 22.5.